The maximum absolute atomic E-state index is 13.0. The summed E-state index contributed by atoms with van der Waals surface area (Å²) in [7, 11) is 3.04. The highest BCUT2D eigenvalue weighted by molar-refractivity contribution is 5.97. The molecule has 0 aliphatic heterocycles. The molecule has 0 aromatic heterocycles. The van der Waals surface area contributed by atoms with Crippen LogP contribution in [0.2, 0.25) is 0 Å². The smallest absolute Gasteiger partial charge is 0.411 e. The summed E-state index contributed by atoms with van der Waals surface area (Å²) in [5, 5.41) is 5.57. The third-order valence-corrected chi connectivity index (χ3v) is 4.98. The minimum absolute atomic E-state index is 0.123. The fourth-order valence-corrected chi connectivity index (χ4v) is 3.46. The van der Waals surface area contributed by atoms with Gasteiger partial charge in [-0.3, -0.25) is 10.1 Å². The van der Waals surface area contributed by atoms with Crippen LogP contribution in [-0.4, -0.2) is 38.4 Å². The Morgan fingerprint density at radius 2 is 1.80 bits per heavy atom. The van der Waals surface area contributed by atoms with Crippen molar-refractivity contribution in [1.82, 2.24) is 5.32 Å². The van der Waals surface area contributed by atoms with E-state index in [0.29, 0.717) is 29.2 Å². The van der Waals surface area contributed by atoms with Gasteiger partial charge in [-0.1, -0.05) is 0 Å². The minimum atomic E-state index is -0.601. The lowest BCUT2D eigenvalue weighted by molar-refractivity contribution is 0.0712. The molecule has 0 radical (unpaired) electrons. The zero-order valence-electron chi connectivity index (χ0n) is 16.9. The molecule has 2 aromatic rings. The van der Waals surface area contributed by atoms with Crippen LogP contribution in [0.5, 0.6) is 11.5 Å². The van der Waals surface area contributed by atoms with Crippen molar-refractivity contribution < 1.29 is 28.2 Å². The highest BCUT2D eigenvalue weighted by atomic mass is 19.1. The zero-order valence-corrected chi connectivity index (χ0v) is 16.9. The Kier molecular flexibility index (Phi) is 7.11. The largest absolute Gasteiger partial charge is 0.497 e. The molecule has 2 atom stereocenters. The normalized spacial score (nSPS) is 18.2. The predicted molar refractivity (Wildman–Crippen MR) is 110 cm³/mol. The van der Waals surface area contributed by atoms with Crippen LogP contribution in [0.4, 0.5) is 14.9 Å². The summed E-state index contributed by atoms with van der Waals surface area (Å²) in [5.41, 5.74) is 0.865. The highest BCUT2D eigenvalue weighted by Gasteiger charge is 2.27. The zero-order chi connectivity index (χ0) is 21.5. The number of carbonyl (C=O) groups is 2. The molecular weight excluding hydrogens is 391 g/mol. The fraction of sp³-hybridized carbons (Fsp3) is 0.364. The summed E-state index contributed by atoms with van der Waals surface area (Å²) in [4.78, 5) is 24.8. The molecule has 8 heteroatoms. The average Bonchev–Trinajstić information content (AvgIpc) is 2.75. The lowest BCUT2D eigenvalue weighted by atomic mass is 9.92. The first kappa shape index (κ1) is 21.4. The lowest BCUT2D eigenvalue weighted by Crippen LogP contribution is -2.41. The van der Waals surface area contributed by atoms with Gasteiger partial charge in [0.1, 0.15) is 23.4 Å². The summed E-state index contributed by atoms with van der Waals surface area (Å²) < 4.78 is 28.9. The Bertz CT molecular complexity index is 888. The quantitative estimate of drug-likeness (QED) is 0.740. The van der Waals surface area contributed by atoms with Crippen LogP contribution < -0.4 is 20.1 Å². The van der Waals surface area contributed by atoms with Gasteiger partial charge in [0.2, 0.25) is 0 Å². The molecule has 0 heterocycles. The first-order valence-corrected chi connectivity index (χ1v) is 9.74. The summed E-state index contributed by atoms with van der Waals surface area (Å²) in [6.45, 7) is 0. The van der Waals surface area contributed by atoms with E-state index in [0.717, 1.165) is 19.3 Å². The summed E-state index contributed by atoms with van der Waals surface area (Å²) in [5.74, 6) is 0.389. The van der Waals surface area contributed by atoms with Gasteiger partial charge >= 0.3 is 6.09 Å². The number of methoxy groups -OCH3 is 2. The van der Waals surface area contributed by atoms with Crippen molar-refractivity contribution in [3.8, 4) is 11.5 Å². The topological polar surface area (TPSA) is 85.9 Å². The van der Waals surface area contributed by atoms with E-state index in [4.69, 9.17) is 14.2 Å². The van der Waals surface area contributed by atoms with Gasteiger partial charge in [-0.15, -0.1) is 0 Å². The van der Waals surface area contributed by atoms with Gasteiger partial charge in [0, 0.05) is 24.2 Å². The molecule has 1 aliphatic rings. The lowest BCUT2D eigenvalue weighted by Gasteiger charge is -2.29. The molecule has 0 bridgehead atoms. The number of carbonyl (C=O) groups excluding carboxylic acids is 2. The molecule has 30 heavy (non-hydrogen) atoms. The van der Waals surface area contributed by atoms with Gasteiger partial charge in [0.05, 0.1) is 19.8 Å². The third kappa shape index (κ3) is 5.62. The average molecular weight is 416 g/mol. The van der Waals surface area contributed by atoms with E-state index in [1.807, 2.05) is 0 Å². The molecule has 2 amide bonds. The monoisotopic (exact) mass is 416 g/mol. The maximum atomic E-state index is 13.0. The molecule has 1 fully saturated rings. The van der Waals surface area contributed by atoms with E-state index in [2.05, 4.69) is 10.6 Å². The van der Waals surface area contributed by atoms with Gasteiger partial charge in [-0.25, -0.2) is 9.18 Å². The number of rotatable bonds is 6. The second-order valence-electron chi connectivity index (χ2n) is 7.06. The van der Waals surface area contributed by atoms with E-state index in [-0.39, 0.29) is 23.9 Å². The highest BCUT2D eigenvalue weighted by Crippen LogP contribution is 2.26. The van der Waals surface area contributed by atoms with Crippen molar-refractivity contribution in [1.29, 1.82) is 0 Å². The SMILES string of the molecule is COc1ccc(C(=O)N[C@@H]2CCC[C@@H](OC(=O)Nc3ccc(F)cc3)C2)c(OC)c1. The van der Waals surface area contributed by atoms with Crippen LogP contribution in [0.25, 0.3) is 0 Å². The van der Waals surface area contributed by atoms with Gasteiger partial charge in [-0.2, -0.15) is 0 Å². The molecule has 0 unspecified atom stereocenters. The number of halogens is 1. The standard InChI is InChI=1S/C22H25FN2O5/c1-28-17-10-11-19(20(13-17)29-2)21(26)24-16-4-3-5-18(12-16)30-22(27)25-15-8-6-14(23)7-9-15/h6-11,13,16,18H,3-5,12H2,1-2H3,(H,24,26)(H,25,27)/t16-,18-/m1/s1. The maximum Gasteiger partial charge on any atom is 0.411 e. The van der Waals surface area contributed by atoms with E-state index in [1.165, 1.54) is 31.4 Å². The van der Waals surface area contributed by atoms with Crippen LogP contribution in [-0.2, 0) is 4.74 Å². The van der Waals surface area contributed by atoms with E-state index in [1.54, 1.807) is 25.3 Å². The molecule has 0 saturated heterocycles. The van der Waals surface area contributed by atoms with E-state index in [9.17, 15) is 14.0 Å². The van der Waals surface area contributed by atoms with Gasteiger partial charge in [-0.05, 0) is 55.7 Å². The van der Waals surface area contributed by atoms with Gasteiger partial charge < -0.3 is 19.5 Å². The van der Waals surface area contributed by atoms with Crippen LogP contribution >= 0.6 is 0 Å². The Morgan fingerprint density at radius 3 is 2.50 bits per heavy atom. The fourth-order valence-electron chi connectivity index (χ4n) is 3.46. The molecule has 3 rings (SSSR count). The van der Waals surface area contributed by atoms with E-state index >= 15 is 0 Å². The first-order valence-electron chi connectivity index (χ1n) is 9.74. The van der Waals surface area contributed by atoms with Crippen molar-refractivity contribution in [2.75, 3.05) is 19.5 Å². The number of hydrogen-bond acceptors (Lipinski definition) is 5. The van der Waals surface area contributed by atoms with Crippen molar-refractivity contribution in [3.05, 3.63) is 53.8 Å². The summed E-state index contributed by atoms with van der Waals surface area (Å²) in [6.07, 6.45) is 1.93. The van der Waals surface area contributed by atoms with Crippen molar-refractivity contribution in [3.63, 3.8) is 0 Å². The van der Waals surface area contributed by atoms with Crippen LogP contribution in [0.1, 0.15) is 36.0 Å². The van der Waals surface area contributed by atoms with Gasteiger partial charge in [0.25, 0.3) is 5.91 Å². The summed E-state index contributed by atoms with van der Waals surface area (Å²) in [6, 6.07) is 10.3. The van der Waals surface area contributed by atoms with Crippen LogP contribution in [0.3, 0.4) is 0 Å². The number of hydrogen-bond donors (Lipinski definition) is 2. The van der Waals surface area contributed by atoms with Gasteiger partial charge in [0.15, 0.2) is 0 Å². The number of benzene rings is 2. The minimum Gasteiger partial charge on any atom is -0.497 e. The third-order valence-electron chi connectivity index (χ3n) is 4.98. The molecule has 0 spiro atoms. The number of ether oxygens (including phenoxy) is 3. The molecule has 7 nitrogen and oxygen atoms in total. The van der Waals surface area contributed by atoms with Crippen molar-refractivity contribution in [2.24, 2.45) is 0 Å². The second-order valence-corrected chi connectivity index (χ2v) is 7.06. The second kappa shape index (κ2) is 9.96. The Labute approximate surface area is 174 Å². The van der Waals surface area contributed by atoms with Crippen LogP contribution in [0, 0.1) is 5.82 Å². The number of amides is 2. The molecule has 2 aromatic carbocycles. The molecule has 1 saturated carbocycles. The summed E-state index contributed by atoms with van der Waals surface area (Å²) >= 11 is 0. The van der Waals surface area contributed by atoms with Crippen molar-refractivity contribution in [2.45, 2.75) is 37.8 Å². The first-order chi connectivity index (χ1) is 14.5. The van der Waals surface area contributed by atoms with E-state index < -0.39 is 6.09 Å². The Balaban J connectivity index is 1.55. The molecule has 1 aliphatic carbocycles. The molecule has 160 valence electrons. The van der Waals surface area contributed by atoms with Crippen molar-refractivity contribution >= 4 is 17.7 Å². The molecular formula is C22H25FN2O5. The number of nitrogens with one attached hydrogen (secondary N) is 2. The molecule has 2 N–H and O–H groups in total. The van der Waals surface area contributed by atoms with Crippen LogP contribution in [0.15, 0.2) is 42.5 Å². The number of anilines is 1. The Morgan fingerprint density at radius 1 is 1.03 bits per heavy atom. The predicted octanol–water partition coefficient (Wildman–Crippen LogP) is 4.13. The Hall–Kier alpha value is -3.29.